The smallest absolute Gasteiger partial charge is 0.305 e. The molecule has 0 radical (unpaired) electrons. The standard InChI is InChI=1S/C12H16N2O4/c13-9(6-11(16)17)12(18)14-7-10(15)8-4-2-1-3-5-8/h1-5,9-10,15H,6-7,13H2,(H,14,18)(H,16,17). The zero-order valence-electron chi connectivity index (χ0n) is 9.74. The van der Waals surface area contributed by atoms with E-state index >= 15 is 0 Å². The Labute approximate surface area is 104 Å². The van der Waals surface area contributed by atoms with Gasteiger partial charge >= 0.3 is 5.97 Å². The number of aliphatic hydroxyl groups is 1. The lowest BCUT2D eigenvalue weighted by Crippen LogP contribution is -2.43. The molecule has 0 saturated heterocycles. The largest absolute Gasteiger partial charge is 0.481 e. The average Bonchev–Trinajstić information content (AvgIpc) is 2.35. The fourth-order valence-corrected chi connectivity index (χ4v) is 1.40. The predicted molar refractivity (Wildman–Crippen MR) is 64.6 cm³/mol. The SMILES string of the molecule is NC(CC(=O)O)C(=O)NCC(O)c1ccccc1. The van der Waals surface area contributed by atoms with Crippen LogP contribution in [0.1, 0.15) is 18.1 Å². The summed E-state index contributed by atoms with van der Waals surface area (Å²) in [7, 11) is 0. The van der Waals surface area contributed by atoms with Crippen LogP contribution in [0.15, 0.2) is 30.3 Å². The van der Waals surface area contributed by atoms with Crippen LogP contribution in [0.3, 0.4) is 0 Å². The number of aliphatic hydroxyl groups excluding tert-OH is 1. The van der Waals surface area contributed by atoms with E-state index in [1.807, 2.05) is 6.07 Å². The molecule has 0 heterocycles. The van der Waals surface area contributed by atoms with E-state index in [4.69, 9.17) is 10.8 Å². The van der Waals surface area contributed by atoms with Crippen LogP contribution in [0.4, 0.5) is 0 Å². The van der Waals surface area contributed by atoms with Crippen LogP contribution in [-0.4, -0.2) is 34.7 Å². The summed E-state index contributed by atoms with van der Waals surface area (Å²) < 4.78 is 0. The van der Waals surface area contributed by atoms with Gasteiger partial charge in [0.15, 0.2) is 0 Å². The fourth-order valence-electron chi connectivity index (χ4n) is 1.40. The molecule has 0 aliphatic heterocycles. The van der Waals surface area contributed by atoms with Gasteiger partial charge in [-0.3, -0.25) is 9.59 Å². The molecule has 0 spiro atoms. The number of rotatable bonds is 6. The fraction of sp³-hybridized carbons (Fsp3) is 0.333. The molecule has 18 heavy (non-hydrogen) atoms. The van der Waals surface area contributed by atoms with Gasteiger partial charge in [-0.2, -0.15) is 0 Å². The minimum Gasteiger partial charge on any atom is -0.481 e. The number of hydrogen-bond acceptors (Lipinski definition) is 4. The van der Waals surface area contributed by atoms with Gasteiger partial charge in [-0.15, -0.1) is 0 Å². The second kappa shape index (κ2) is 6.73. The number of hydrogen-bond donors (Lipinski definition) is 4. The molecule has 1 aromatic rings. The highest BCUT2D eigenvalue weighted by Crippen LogP contribution is 2.10. The monoisotopic (exact) mass is 252 g/mol. The number of nitrogens with one attached hydrogen (secondary N) is 1. The van der Waals surface area contributed by atoms with Crippen LogP contribution >= 0.6 is 0 Å². The molecule has 1 amide bonds. The normalized spacial score (nSPS) is 13.7. The molecule has 0 saturated carbocycles. The molecule has 1 rings (SSSR count). The summed E-state index contributed by atoms with van der Waals surface area (Å²) in [5, 5.41) is 20.6. The van der Waals surface area contributed by atoms with Crippen molar-refractivity contribution in [3.8, 4) is 0 Å². The topological polar surface area (TPSA) is 113 Å². The maximum atomic E-state index is 11.4. The highest BCUT2D eigenvalue weighted by Gasteiger charge is 2.17. The van der Waals surface area contributed by atoms with Gasteiger partial charge in [-0.05, 0) is 5.56 Å². The Morgan fingerprint density at radius 1 is 1.28 bits per heavy atom. The van der Waals surface area contributed by atoms with E-state index in [0.29, 0.717) is 5.56 Å². The van der Waals surface area contributed by atoms with Gasteiger partial charge < -0.3 is 21.3 Å². The molecule has 0 aliphatic carbocycles. The third-order valence-electron chi connectivity index (χ3n) is 2.39. The molecule has 0 bridgehead atoms. The van der Waals surface area contributed by atoms with E-state index in [9.17, 15) is 14.7 Å². The maximum Gasteiger partial charge on any atom is 0.305 e. The summed E-state index contributed by atoms with van der Waals surface area (Å²) in [6.07, 6.45) is -1.28. The van der Waals surface area contributed by atoms with E-state index < -0.39 is 30.4 Å². The van der Waals surface area contributed by atoms with Gasteiger partial charge in [0, 0.05) is 6.54 Å². The van der Waals surface area contributed by atoms with Crippen molar-refractivity contribution >= 4 is 11.9 Å². The molecular formula is C12H16N2O4. The average molecular weight is 252 g/mol. The Bertz CT molecular complexity index is 408. The van der Waals surface area contributed by atoms with Crippen molar-refractivity contribution in [1.29, 1.82) is 0 Å². The molecule has 1 aromatic carbocycles. The first-order chi connectivity index (χ1) is 8.50. The van der Waals surface area contributed by atoms with Crippen LogP contribution in [0.25, 0.3) is 0 Å². The van der Waals surface area contributed by atoms with Crippen molar-refractivity contribution in [2.24, 2.45) is 5.73 Å². The lowest BCUT2D eigenvalue weighted by atomic mass is 10.1. The van der Waals surface area contributed by atoms with Gasteiger partial charge in [0.25, 0.3) is 0 Å². The first-order valence-corrected chi connectivity index (χ1v) is 5.49. The third-order valence-corrected chi connectivity index (χ3v) is 2.39. The second-order valence-electron chi connectivity index (χ2n) is 3.88. The lowest BCUT2D eigenvalue weighted by molar-refractivity contribution is -0.139. The van der Waals surface area contributed by atoms with E-state index in [0.717, 1.165) is 0 Å². The van der Waals surface area contributed by atoms with Crippen LogP contribution in [0.2, 0.25) is 0 Å². The molecule has 6 heteroatoms. The van der Waals surface area contributed by atoms with Crippen molar-refractivity contribution in [3.05, 3.63) is 35.9 Å². The minimum atomic E-state index is -1.14. The number of benzene rings is 1. The highest BCUT2D eigenvalue weighted by molar-refractivity contribution is 5.85. The molecule has 0 fully saturated rings. The van der Waals surface area contributed by atoms with Crippen LogP contribution < -0.4 is 11.1 Å². The molecule has 0 aliphatic rings. The molecular weight excluding hydrogens is 236 g/mol. The summed E-state index contributed by atoms with van der Waals surface area (Å²) in [5.41, 5.74) is 6.04. The molecule has 98 valence electrons. The van der Waals surface area contributed by atoms with Crippen molar-refractivity contribution in [2.75, 3.05) is 6.54 Å². The molecule has 2 unspecified atom stereocenters. The van der Waals surface area contributed by atoms with Crippen molar-refractivity contribution in [1.82, 2.24) is 5.32 Å². The van der Waals surface area contributed by atoms with Gasteiger partial charge in [-0.1, -0.05) is 30.3 Å². The molecule has 0 aromatic heterocycles. The lowest BCUT2D eigenvalue weighted by Gasteiger charge is -2.14. The predicted octanol–water partition coefficient (Wildman–Crippen LogP) is -0.362. The first kappa shape index (κ1) is 14.1. The number of carboxylic acids is 1. The summed E-state index contributed by atoms with van der Waals surface area (Å²) in [6, 6.07) is 7.72. The Hall–Kier alpha value is -1.92. The number of carbonyl (C=O) groups is 2. The van der Waals surface area contributed by atoms with E-state index in [1.165, 1.54) is 0 Å². The van der Waals surface area contributed by atoms with Crippen molar-refractivity contribution in [3.63, 3.8) is 0 Å². The Morgan fingerprint density at radius 2 is 1.89 bits per heavy atom. The highest BCUT2D eigenvalue weighted by atomic mass is 16.4. The van der Waals surface area contributed by atoms with Gasteiger partial charge in [0.2, 0.25) is 5.91 Å². The molecule has 5 N–H and O–H groups in total. The summed E-state index contributed by atoms with van der Waals surface area (Å²) in [5.74, 6) is -1.73. The summed E-state index contributed by atoms with van der Waals surface area (Å²) >= 11 is 0. The number of carboxylic acid groups (broad SMARTS) is 1. The quantitative estimate of drug-likeness (QED) is 0.552. The van der Waals surface area contributed by atoms with Gasteiger partial charge in [0.05, 0.1) is 18.6 Å². The summed E-state index contributed by atoms with van der Waals surface area (Å²) in [6.45, 7) is -0.00380. The number of carbonyl (C=O) groups excluding carboxylic acids is 1. The Kier molecular flexibility index (Phi) is 5.29. The molecule has 2 atom stereocenters. The van der Waals surface area contributed by atoms with E-state index in [1.54, 1.807) is 24.3 Å². The maximum absolute atomic E-state index is 11.4. The van der Waals surface area contributed by atoms with Gasteiger partial charge in [-0.25, -0.2) is 0 Å². The molecule has 6 nitrogen and oxygen atoms in total. The zero-order valence-corrected chi connectivity index (χ0v) is 9.74. The Morgan fingerprint density at radius 3 is 2.44 bits per heavy atom. The minimum absolute atomic E-state index is 0.00380. The van der Waals surface area contributed by atoms with Crippen LogP contribution in [0, 0.1) is 0 Å². The number of amides is 1. The van der Waals surface area contributed by atoms with Crippen LogP contribution in [-0.2, 0) is 9.59 Å². The van der Waals surface area contributed by atoms with Crippen LogP contribution in [0.5, 0.6) is 0 Å². The summed E-state index contributed by atoms with van der Waals surface area (Å²) in [4.78, 5) is 21.8. The number of aliphatic carboxylic acids is 1. The van der Waals surface area contributed by atoms with E-state index in [2.05, 4.69) is 5.32 Å². The van der Waals surface area contributed by atoms with Crippen molar-refractivity contribution < 1.29 is 19.8 Å². The third kappa shape index (κ3) is 4.52. The second-order valence-corrected chi connectivity index (χ2v) is 3.88. The van der Waals surface area contributed by atoms with Crippen molar-refractivity contribution in [2.45, 2.75) is 18.6 Å². The number of nitrogens with two attached hydrogens (primary N) is 1. The Balaban J connectivity index is 2.41. The zero-order chi connectivity index (χ0) is 13.5. The first-order valence-electron chi connectivity index (χ1n) is 5.49. The van der Waals surface area contributed by atoms with Gasteiger partial charge in [0.1, 0.15) is 0 Å². The van der Waals surface area contributed by atoms with E-state index in [-0.39, 0.29) is 6.54 Å².